The van der Waals surface area contributed by atoms with Gasteiger partial charge < -0.3 is 4.90 Å². The minimum Gasteiger partial charge on any atom is -0.300 e. The maximum atomic E-state index is 12.2. The van der Waals surface area contributed by atoms with Gasteiger partial charge in [-0.15, -0.1) is 0 Å². The number of aliphatic imine (C=N–C) groups is 1. The van der Waals surface area contributed by atoms with Gasteiger partial charge in [0.2, 0.25) is 5.91 Å². The Labute approximate surface area is 89.9 Å². The minimum absolute atomic E-state index is 0.136. The smallest absolute Gasteiger partial charge is 0.233 e. The average molecular weight is 204 g/mol. The lowest BCUT2D eigenvalue weighted by Crippen LogP contribution is -2.51. The Morgan fingerprint density at radius 3 is 3.07 bits per heavy atom. The second-order valence-corrected chi connectivity index (χ2v) is 4.61. The first-order chi connectivity index (χ1) is 7.36. The molecule has 0 saturated carbocycles. The van der Waals surface area contributed by atoms with Crippen LogP contribution in [-0.2, 0) is 4.79 Å². The summed E-state index contributed by atoms with van der Waals surface area (Å²) >= 11 is 0. The summed E-state index contributed by atoms with van der Waals surface area (Å²) < 4.78 is 0. The van der Waals surface area contributed by atoms with Crippen LogP contribution in [0.25, 0.3) is 0 Å². The molecule has 0 aromatic carbocycles. The van der Waals surface area contributed by atoms with Crippen LogP contribution in [0.1, 0.15) is 32.1 Å². The van der Waals surface area contributed by atoms with Crippen molar-refractivity contribution in [3.05, 3.63) is 12.2 Å². The predicted molar refractivity (Wildman–Crippen MR) is 58.7 cm³/mol. The largest absolute Gasteiger partial charge is 0.300 e. The van der Waals surface area contributed by atoms with E-state index in [2.05, 4.69) is 12.2 Å². The highest BCUT2D eigenvalue weighted by Gasteiger charge is 2.38. The van der Waals surface area contributed by atoms with Crippen molar-refractivity contribution in [3.63, 3.8) is 0 Å². The third-order valence-corrected chi connectivity index (χ3v) is 3.64. The quantitative estimate of drug-likeness (QED) is 0.553. The van der Waals surface area contributed by atoms with E-state index in [9.17, 15) is 4.79 Å². The van der Waals surface area contributed by atoms with Gasteiger partial charge in [0.15, 0.2) is 0 Å². The molecule has 1 fully saturated rings. The summed E-state index contributed by atoms with van der Waals surface area (Å²) in [7, 11) is 0. The number of carbonyl (C=O) groups excluding carboxylic acids is 1. The van der Waals surface area contributed by atoms with Crippen LogP contribution in [-0.4, -0.2) is 29.2 Å². The normalized spacial score (nSPS) is 34.5. The zero-order chi connectivity index (χ0) is 10.3. The Morgan fingerprint density at radius 1 is 1.27 bits per heavy atom. The molecule has 1 saturated heterocycles. The fourth-order valence-electron chi connectivity index (χ4n) is 2.79. The van der Waals surface area contributed by atoms with Crippen molar-refractivity contribution in [2.24, 2.45) is 10.9 Å². The van der Waals surface area contributed by atoms with Gasteiger partial charge in [-0.25, -0.2) is 0 Å². The molecule has 80 valence electrons. The van der Waals surface area contributed by atoms with Crippen LogP contribution in [0, 0.1) is 5.92 Å². The van der Waals surface area contributed by atoms with Crippen molar-refractivity contribution in [3.8, 4) is 0 Å². The molecule has 0 spiro atoms. The van der Waals surface area contributed by atoms with Gasteiger partial charge in [-0.1, -0.05) is 12.2 Å². The molecule has 0 aromatic heterocycles. The van der Waals surface area contributed by atoms with Crippen molar-refractivity contribution in [1.29, 1.82) is 0 Å². The predicted octanol–water partition coefficient (Wildman–Crippen LogP) is 1.75. The average Bonchev–Trinajstić information content (AvgIpc) is 2.30. The van der Waals surface area contributed by atoms with Crippen LogP contribution in [0.15, 0.2) is 17.1 Å². The Kier molecular flexibility index (Phi) is 2.11. The van der Waals surface area contributed by atoms with E-state index in [1.54, 1.807) is 0 Å². The Morgan fingerprint density at radius 2 is 2.13 bits per heavy atom. The van der Waals surface area contributed by atoms with Crippen LogP contribution in [0.3, 0.4) is 0 Å². The number of amidine groups is 1. The molecular formula is C12H16N2O. The van der Waals surface area contributed by atoms with E-state index in [4.69, 9.17) is 4.99 Å². The van der Waals surface area contributed by atoms with Crippen molar-refractivity contribution in [1.82, 2.24) is 4.90 Å². The molecular weight excluding hydrogens is 188 g/mol. The molecule has 2 atom stereocenters. The molecule has 0 N–H and O–H groups in total. The third-order valence-electron chi connectivity index (χ3n) is 3.64. The third kappa shape index (κ3) is 1.41. The van der Waals surface area contributed by atoms with Gasteiger partial charge >= 0.3 is 0 Å². The molecule has 2 heterocycles. The topological polar surface area (TPSA) is 32.7 Å². The van der Waals surface area contributed by atoms with Gasteiger partial charge in [0, 0.05) is 13.0 Å². The van der Waals surface area contributed by atoms with Gasteiger partial charge in [0.05, 0.1) is 12.0 Å². The number of hydrogen-bond acceptors (Lipinski definition) is 2. The Hall–Kier alpha value is -1.12. The molecule has 1 amide bonds. The fraction of sp³-hybridized carbons (Fsp3) is 0.667. The summed E-state index contributed by atoms with van der Waals surface area (Å²) in [6.07, 6.45) is 9.46. The number of rotatable bonds is 0. The number of hydrogen-bond donors (Lipinski definition) is 0. The fourth-order valence-corrected chi connectivity index (χ4v) is 2.79. The Bertz CT molecular complexity index is 346. The van der Waals surface area contributed by atoms with Gasteiger partial charge in [-0.05, 0) is 25.7 Å². The molecule has 3 rings (SSSR count). The molecule has 0 aromatic rings. The van der Waals surface area contributed by atoms with E-state index < -0.39 is 0 Å². The first-order valence-electron chi connectivity index (χ1n) is 5.89. The Balaban J connectivity index is 1.94. The standard InChI is InChI=1S/C12H16N2O/c15-12-9-5-1-2-6-10(9)13-11-7-3-4-8-14(11)12/h1-2,9-10H,3-8H2. The van der Waals surface area contributed by atoms with Crippen LogP contribution >= 0.6 is 0 Å². The molecule has 15 heavy (non-hydrogen) atoms. The van der Waals surface area contributed by atoms with Crippen LogP contribution < -0.4 is 0 Å². The summed E-state index contributed by atoms with van der Waals surface area (Å²) in [5.74, 6) is 1.52. The van der Waals surface area contributed by atoms with E-state index in [0.717, 1.165) is 38.1 Å². The number of carbonyl (C=O) groups is 1. The molecule has 3 heteroatoms. The zero-order valence-corrected chi connectivity index (χ0v) is 8.85. The summed E-state index contributed by atoms with van der Waals surface area (Å²) in [6.45, 7) is 0.893. The first kappa shape index (κ1) is 9.13. The first-order valence-corrected chi connectivity index (χ1v) is 5.89. The van der Waals surface area contributed by atoms with Gasteiger partial charge in [-0.3, -0.25) is 9.79 Å². The highest BCUT2D eigenvalue weighted by molar-refractivity contribution is 6.02. The van der Waals surface area contributed by atoms with Gasteiger partial charge in [0.1, 0.15) is 5.84 Å². The van der Waals surface area contributed by atoms with Crippen molar-refractivity contribution in [2.45, 2.75) is 38.1 Å². The molecule has 3 nitrogen and oxygen atoms in total. The molecule has 2 aliphatic heterocycles. The lowest BCUT2D eigenvalue weighted by Gasteiger charge is -2.39. The maximum Gasteiger partial charge on any atom is 0.233 e. The summed E-state index contributed by atoms with van der Waals surface area (Å²) in [5, 5.41) is 0. The highest BCUT2D eigenvalue weighted by atomic mass is 16.2. The number of amides is 1. The van der Waals surface area contributed by atoms with Crippen LogP contribution in [0.2, 0.25) is 0 Å². The van der Waals surface area contributed by atoms with Crippen molar-refractivity contribution >= 4 is 11.7 Å². The number of fused-ring (bicyclic) bond motifs is 2. The van der Waals surface area contributed by atoms with E-state index in [1.807, 2.05) is 4.90 Å². The van der Waals surface area contributed by atoms with Crippen LogP contribution in [0.4, 0.5) is 0 Å². The maximum absolute atomic E-state index is 12.2. The SMILES string of the molecule is O=C1C2CC=CCC2N=C2CCCCN12. The van der Waals surface area contributed by atoms with Gasteiger partial charge in [-0.2, -0.15) is 0 Å². The van der Waals surface area contributed by atoms with Crippen molar-refractivity contribution < 1.29 is 4.79 Å². The lowest BCUT2D eigenvalue weighted by atomic mass is 9.86. The molecule has 0 bridgehead atoms. The number of allylic oxidation sites excluding steroid dienone is 1. The molecule has 0 radical (unpaired) electrons. The highest BCUT2D eigenvalue weighted by Crippen LogP contribution is 2.30. The molecule has 3 aliphatic rings. The molecule has 1 aliphatic carbocycles. The second kappa shape index (κ2) is 3.47. The van der Waals surface area contributed by atoms with E-state index in [1.165, 1.54) is 6.42 Å². The summed E-state index contributed by atoms with van der Waals surface area (Å²) in [6, 6.07) is 0.242. The lowest BCUT2D eigenvalue weighted by molar-refractivity contribution is -0.133. The van der Waals surface area contributed by atoms with E-state index in [0.29, 0.717) is 5.91 Å². The van der Waals surface area contributed by atoms with E-state index >= 15 is 0 Å². The molecule has 2 unspecified atom stereocenters. The number of nitrogens with zero attached hydrogens (tertiary/aromatic N) is 2. The second-order valence-electron chi connectivity index (χ2n) is 4.61. The van der Waals surface area contributed by atoms with Crippen molar-refractivity contribution in [2.75, 3.05) is 6.54 Å². The summed E-state index contributed by atoms with van der Waals surface area (Å²) in [5.41, 5.74) is 0. The van der Waals surface area contributed by atoms with Gasteiger partial charge in [0.25, 0.3) is 0 Å². The van der Waals surface area contributed by atoms with Crippen LogP contribution in [0.5, 0.6) is 0 Å². The van der Waals surface area contributed by atoms with E-state index in [-0.39, 0.29) is 12.0 Å². The summed E-state index contributed by atoms with van der Waals surface area (Å²) in [4.78, 5) is 18.9. The monoisotopic (exact) mass is 204 g/mol. The zero-order valence-electron chi connectivity index (χ0n) is 8.85. The number of piperidine rings is 1. The minimum atomic E-state index is 0.136.